The lowest BCUT2D eigenvalue weighted by Crippen LogP contribution is -2.25. The monoisotopic (exact) mass is 171 g/mol. The zero-order valence-electron chi connectivity index (χ0n) is 6.32. The molecule has 0 bridgehead atoms. The highest BCUT2D eigenvalue weighted by molar-refractivity contribution is 5.88. The summed E-state index contributed by atoms with van der Waals surface area (Å²) in [6.45, 7) is 6.44. The number of carbonyl (C=O) groups is 2. The average molecular weight is 171 g/mol. The molecule has 66 valence electrons. The third kappa shape index (κ3) is 2.87. The molecule has 0 rings (SSSR count). The number of carboxylic acid groups (broad SMARTS) is 1. The number of rotatable bonds is 4. The fourth-order valence-corrected chi connectivity index (χ4v) is 0.508. The van der Waals surface area contributed by atoms with Crippen molar-refractivity contribution in [2.75, 3.05) is 0 Å². The second-order valence-corrected chi connectivity index (χ2v) is 1.92. The van der Waals surface area contributed by atoms with Crippen LogP contribution < -0.4 is 5.73 Å². The van der Waals surface area contributed by atoms with E-state index in [-0.39, 0.29) is 5.57 Å². The van der Waals surface area contributed by atoms with Gasteiger partial charge in [-0.05, 0) is 6.08 Å². The van der Waals surface area contributed by atoms with Crippen molar-refractivity contribution in [2.24, 2.45) is 5.73 Å². The topological polar surface area (TPSA) is 89.6 Å². The lowest BCUT2D eigenvalue weighted by Gasteiger charge is -2.10. The number of carbonyl (C=O) groups excluding carboxylic acids is 1. The van der Waals surface area contributed by atoms with Gasteiger partial charge in [0.1, 0.15) is 0 Å². The van der Waals surface area contributed by atoms with Gasteiger partial charge < -0.3 is 15.6 Å². The van der Waals surface area contributed by atoms with E-state index in [9.17, 15) is 9.59 Å². The molecule has 1 amide bonds. The number of hydrogen-bond donors (Lipinski definition) is 2. The standard InChI is InChI=1S/C7H9NO4/c1-3-5(12-7(8)11)4(2)6(9)10/h3,5H,1-2H2,(H2,8,11)(H,9,10). The van der Waals surface area contributed by atoms with Crippen LogP contribution in [0.2, 0.25) is 0 Å². The van der Waals surface area contributed by atoms with Crippen LogP contribution in [0, 0.1) is 0 Å². The Hall–Kier alpha value is -1.78. The maximum absolute atomic E-state index is 10.3. The van der Waals surface area contributed by atoms with Gasteiger partial charge in [-0.25, -0.2) is 9.59 Å². The summed E-state index contributed by atoms with van der Waals surface area (Å²) in [4.78, 5) is 20.5. The summed E-state index contributed by atoms with van der Waals surface area (Å²) in [5.41, 5.74) is 4.38. The molecule has 0 aliphatic rings. The molecule has 5 heteroatoms. The SMILES string of the molecule is C=CC(OC(N)=O)C(=C)C(=O)O. The van der Waals surface area contributed by atoms with Crippen LogP contribution in [0.3, 0.4) is 0 Å². The zero-order valence-corrected chi connectivity index (χ0v) is 6.32. The van der Waals surface area contributed by atoms with Gasteiger partial charge in [-0.15, -0.1) is 0 Å². The van der Waals surface area contributed by atoms with Crippen LogP contribution in [-0.4, -0.2) is 23.3 Å². The first-order chi connectivity index (χ1) is 5.49. The normalized spacial score (nSPS) is 11.3. The van der Waals surface area contributed by atoms with Crippen molar-refractivity contribution in [3.8, 4) is 0 Å². The highest BCUT2D eigenvalue weighted by Crippen LogP contribution is 2.05. The van der Waals surface area contributed by atoms with Crippen LogP contribution in [-0.2, 0) is 9.53 Å². The predicted molar refractivity (Wildman–Crippen MR) is 41.4 cm³/mol. The number of nitrogens with two attached hydrogens (primary N) is 1. The van der Waals surface area contributed by atoms with Crippen LogP contribution >= 0.6 is 0 Å². The van der Waals surface area contributed by atoms with Crippen LogP contribution in [0.5, 0.6) is 0 Å². The minimum atomic E-state index is -1.26. The Morgan fingerprint density at radius 2 is 2.08 bits per heavy atom. The van der Waals surface area contributed by atoms with Gasteiger partial charge in [0, 0.05) is 0 Å². The van der Waals surface area contributed by atoms with Gasteiger partial charge in [-0.3, -0.25) is 0 Å². The number of ether oxygens (including phenoxy) is 1. The molecule has 0 aromatic heterocycles. The summed E-state index contributed by atoms with van der Waals surface area (Å²) in [5.74, 6) is -1.26. The van der Waals surface area contributed by atoms with E-state index in [1.807, 2.05) is 0 Å². The van der Waals surface area contributed by atoms with Crippen LogP contribution in [0.1, 0.15) is 0 Å². The first kappa shape index (κ1) is 10.2. The van der Waals surface area contributed by atoms with Gasteiger partial charge in [-0.2, -0.15) is 0 Å². The second-order valence-electron chi connectivity index (χ2n) is 1.92. The Balaban J connectivity index is 4.35. The molecule has 0 aliphatic heterocycles. The first-order valence-corrected chi connectivity index (χ1v) is 2.99. The fourth-order valence-electron chi connectivity index (χ4n) is 0.508. The van der Waals surface area contributed by atoms with E-state index < -0.39 is 18.2 Å². The maximum Gasteiger partial charge on any atom is 0.405 e. The smallest absolute Gasteiger partial charge is 0.405 e. The number of carboxylic acids is 1. The van der Waals surface area contributed by atoms with Crippen molar-refractivity contribution < 1.29 is 19.4 Å². The molecule has 0 heterocycles. The zero-order chi connectivity index (χ0) is 9.72. The summed E-state index contributed by atoms with van der Waals surface area (Å²) in [6, 6.07) is 0. The number of amides is 1. The van der Waals surface area contributed by atoms with Gasteiger partial charge in [0.2, 0.25) is 0 Å². The van der Waals surface area contributed by atoms with Crippen molar-refractivity contribution >= 4 is 12.1 Å². The summed E-state index contributed by atoms with van der Waals surface area (Å²) in [5, 5.41) is 8.42. The van der Waals surface area contributed by atoms with Crippen LogP contribution in [0.4, 0.5) is 4.79 Å². The Morgan fingerprint density at radius 3 is 2.33 bits per heavy atom. The quantitative estimate of drug-likeness (QED) is 0.469. The Morgan fingerprint density at radius 1 is 1.58 bits per heavy atom. The van der Waals surface area contributed by atoms with E-state index in [0.29, 0.717) is 0 Å². The van der Waals surface area contributed by atoms with Gasteiger partial charge in [0.25, 0.3) is 0 Å². The Bertz CT molecular complexity index is 234. The number of primary amides is 1. The van der Waals surface area contributed by atoms with Crippen molar-refractivity contribution in [3.05, 3.63) is 24.8 Å². The number of aliphatic carboxylic acids is 1. The molecule has 0 aliphatic carbocycles. The van der Waals surface area contributed by atoms with Crippen LogP contribution in [0.25, 0.3) is 0 Å². The molecule has 12 heavy (non-hydrogen) atoms. The molecule has 0 saturated carbocycles. The van der Waals surface area contributed by atoms with E-state index in [0.717, 1.165) is 6.08 Å². The summed E-state index contributed by atoms with van der Waals surface area (Å²) >= 11 is 0. The van der Waals surface area contributed by atoms with Gasteiger partial charge in [-0.1, -0.05) is 13.2 Å². The molecule has 0 saturated heterocycles. The molecule has 0 fully saturated rings. The van der Waals surface area contributed by atoms with Crippen molar-refractivity contribution in [3.63, 3.8) is 0 Å². The lowest BCUT2D eigenvalue weighted by atomic mass is 10.2. The number of hydrogen-bond acceptors (Lipinski definition) is 3. The summed E-state index contributed by atoms with van der Waals surface area (Å²) in [7, 11) is 0. The van der Waals surface area contributed by atoms with Crippen molar-refractivity contribution in [1.82, 2.24) is 0 Å². The largest absolute Gasteiger partial charge is 0.478 e. The molecule has 1 unspecified atom stereocenters. The molecule has 5 nitrogen and oxygen atoms in total. The van der Waals surface area contributed by atoms with E-state index in [1.54, 1.807) is 0 Å². The van der Waals surface area contributed by atoms with E-state index >= 15 is 0 Å². The first-order valence-electron chi connectivity index (χ1n) is 2.99. The maximum atomic E-state index is 10.3. The molecule has 3 N–H and O–H groups in total. The molecule has 0 aromatic carbocycles. The van der Waals surface area contributed by atoms with E-state index in [1.165, 1.54) is 0 Å². The van der Waals surface area contributed by atoms with E-state index in [2.05, 4.69) is 23.6 Å². The molecule has 0 aromatic rings. The third-order valence-electron chi connectivity index (χ3n) is 1.08. The van der Waals surface area contributed by atoms with Gasteiger partial charge in [0.15, 0.2) is 6.10 Å². The molecule has 1 atom stereocenters. The molecule has 0 spiro atoms. The molecular formula is C7H9NO4. The molecular weight excluding hydrogens is 162 g/mol. The summed E-state index contributed by atoms with van der Waals surface area (Å²) in [6.07, 6.45) is -1.01. The van der Waals surface area contributed by atoms with Crippen molar-refractivity contribution in [2.45, 2.75) is 6.10 Å². The van der Waals surface area contributed by atoms with Gasteiger partial charge >= 0.3 is 12.1 Å². The average Bonchev–Trinajstić information content (AvgIpc) is 1.98. The Labute approximate surface area is 69.1 Å². The minimum absolute atomic E-state index is 0.288. The minimum Gasteiger partial charge on any atom is -0.478 e. The fraction of sp³-hybridized carbons (Fsp3) is 0.143. The van der Waals surface area contributed by atoms with Gasteiger partial charge in [0.05, 0.1) is 5.57 Å². The van der Waals surface area contributed by atoms with Crippen molar-refractivity contribution in [1.29, 1.82) is 0 Å². The predicted octanol–water partition coefficient (Wildman–Crippen LogP) is 0.277. The summed E-state index contributed by atoms with van der Waals surface area (Å²) < 4.78 is 4.36. The highest BCUT2D eigenvalue weighted by Gasteiger charge is 2.17. The lowest BCUT2D eigenvalue weighted by molar-refractivity contribution is -0.133. The molecule has 0 radical (unpaired) electrons. The third-order valence-corrected chi connectivity index (χ3v) is 1.08. The Kier molecular flexibility index (Phi) is 3.55. The highest BCUT2D eigenvalue weighted by atomic mass is 16.6. The second kappa shape index (κ2) is 4.17. The van der Waals surface area contributed by atoms with E-state index in [4.69, 9.17) is 5.11 Å². The van der Waals surface area contributed by atoms with Crippen LogP contribution in [0.15, 0.2) is 24.8 Å².